The van der Waals surface area contributed by atoms with Crippen molar-refractivity contribution in [3.05, 3.63) is 42.0 Å². The van der Waals surface area contributed by atoms with Crippen LogP contribution in [0.2, 0.25) is 0 Å². The summed E-state index contributed by atoms with van der Waals surface area (Å²) in [5.41, 5.74) is 6.57. The van der Waals surface area contributed by atoms with Crippen LogP contribution in [0.1, 0.15) is 12.5 Å². The van der Waals surface area contributed by atoms with E-state index in [2.05, 4.69) is 0 Å². The summed E-state index contributed by atoms with van der Waals surface area (Å²) < 4.78 is 0. The predicted octanol–water partition coefficient (Wildman–Crippen LogP) is 1.41. The van der Waals surface area contributed by atoms with Gasteiger partial charge in [-0.2, -0.15) is 0 Å². The molecule has 0 bridgehead atoms. The van der Waals surface area contributed by atoms with E-state index >= 15 is 0 Å². The van der Waals surface area contributed by atoms with Crippen molar-refractivity contribution in [1.29, 1.82) is 0 Å². The van der Waals surface area contributed by atoms with Gasteiger partial charge in [0.25, 0.3) is 0 Å². The van der Waals surface area contributed by atoms with Gasteiger partial charge >= 0.3 is 0 Å². The lowest BCUT2D eigenvalue weighted by Gasteiger charge is -2.08. The van der Waals surface area contributed by atoms with Crippen LogP contribution >= 0.6 is 0 Å². The van der Waals surface area contributed by atoms with Gasteiger partial charge < -0.3 is 10.8 Å². The Hall–Kier alpha value is -1.12. The van der Waals surface area contributed by atoms with Gasteiger partial charge in [0.05, 0.1) is 6.10 Å². The lowest BCUT2D eigenvalue weighted by molar-refractivity contribution is 0.199. The Kier molecular flexibility index (Phi) is 3.68. The minimum Gasteiger partial charge on any atom is -0.387 e. The zero-order valence-electron chi connectivity index (χ0n) is 7.72. The van der Waals surface area contributed by atoms with Gasteiger partial charge in [0.2, 0.25) is 0 Å². The summed E-state index contributed by atoms with van der Waals surface area (Å²) >= 11 is 0. The Bertz CT molecular complexity index is 267. The fourth-order valence-corrected chi connectivity index (χ4v) is 0.949. The van der Waals surface area contributed by atoms with Crippen LogP contribution in [-0.2, 0) is 0 Å². The molecule has 0 spiro atoms. The van der Waals surface area contributed by atoms with Crippen molar-refractivity contribution in [2.75, 3.05) is 0 Å². The molecule has 0 aliphatic heterocycles. The van der Waals surface area contributed by atoms with Crippen LogP contribution in [0.4, 0.5) is 0 Å². The maximum atomic E-state index is 9.38. The van der Waals surface area contributed by atoms with Crippen LogP contribution < -0.4 is 5.73 Å². The second kappa shape index (κ2) is 4.80. The van der Waals surface area contributed by atoms with Crippen LogP contribution in [0, 0.1) is 0 Å². The molecular formula is C11H15NO. The Morgan fingerprint density at radius 2 is 1.92 bits per heavy atom. The number of aliphatic hydroxyl groups excluding tert-OH is 1. The summed E-state index contributed by atoms with van der Waals surface area (Å²) in [5, 5.41) is 9.38. The Labute approximate surface area is 78.7 Å². The molecule has 2 atom stereocenters. The average Bonchev–Trinajstić information content (AvgIpc) is 2.15. The van der Waals surface area contributed by atoms with E-state index in [1.807, 2.05) is 36.4 Å². The minimum absolute atomic E-state index is 0.222. The molecule has 70 valence electrons. The molecule has 0 aliphatic carbocycles. The summed E-state index contributed by atoms with van der Waals surface area (Å²) in [5.74, 6) is 0. The topological polar surface area (TPSA) is 46.2 Å². The molecule has 0 radical (unpaired) electrons. The summed E-state index contributed by atoms with van der Waals surface area (Å²) in [7, 11) is 0. The second-order valence-electron chi connectivity index (χ2n) is 3.12. The summed E-state index contributed by atoms with van der Waals surface area (Å²) in [6, 6.07) is 9.60. The van der Waals surface area contributed by atoms with E-state index in [0.717, 1.165) is 5.56 Å². The van der Waals surface area contributed by atoms with Gasteiger partial charge in [-0.05, 0) is 12.5 Å². The van der Waals surface area contributed by atoms with Gasteiger partial charge in [-0.15, -0.1) is 0 Å². The number of hydrogen-bond donors (Lipinski definition) is 2. The minimum atomic E-state index is -0.569. The van der Waals surface area contributed by atoms with E-state index in [0.29, 0.717) is 0 Å². The third kappa shape index (κ3) is 3.40. The first-order valence-electron chi connectivity index (χ1n) is 4.37. The highest BCUT2D eigenvalue weighted by molar-refractivity contribution is 5.49. The largest absolute Gasteiger partial charge is 0.387 e. The molecule has 0 saturated heterocycles. The van der Waals surface area contributed by atoms with Crippen LogP contribution in [0.3, 0.4) is 0 Å². The van der Waals surface area contributed by atoms with Crippen LogP contribution in [0.5, 0.6) is 0 Å². The average molecular weight is 177 g/mol. The number of rotatable bonds is 3. The van der Waals surface area contributed by atoms with E-state index in [9.17, 15) is 5.11 Å². The van der Waals surface area contributed by atoms with E-state index in [1.54, 1.807) is 13.0 Å². The van der Waals surface area contributed by atoms with E-state index in [4.69, 9.17) is 5.73 Å². The molecule has 1 aromatic rings. The number of aliphatic hydroxyl groups is 1. The van der Waals surface area contributed by atoms with Crippen molar-refractivity contribution in [1.82, 2.24) is 0 Å². The molecule has 1 aromatic carbocycles. The van der Waals surface area contributed by atoms with E-state index < -0.39 is 6.10 Å². The smallest absolute Gasteiger partial charge is 0.0872 e. The molecule has 0 fully saturated rings. The Balaban J connectivity index is 2.59. The number of nitrogens with two attached hydrogens (primary N) is 1. The highest BCUT2D eigenvalue weighted by Gasteiger charge is 2.03. The van der Waals surface area contributed by atoms with Gasteiger partial charge in [-0.3, -0.25) is 0 Å². The van der Waals surface area contributed by atoms with Gasteiger partial charge in [-0.25, -0.2) is 0 Å². The van der Waals surface area contributed by atoms with Crippen molar-refractivity contribution in [2.45, 2.75) is 19.1 Å². The van der Waals surface area contributed by atoms with Gasteiger partial charge in [-0.1, -0.05) is 42.5 Å². The lowest BCUT2D eigenvalue weighted by Crippen LogP contribution is -2.29. The number of hydrogen-bond acceptors (Lipinski definition) is 2. The monoisotopic (exact) mass is 177 g/mol. The summed E-state index contributed by atoms with van der Waals surface area (Å²) in [6.45, 7) is 1.78. The maximum Gasteiger partial charge on any atom is 0.0872 e. The van der Waals surface area contributed by atoms with Crippen molar-refractivity contribution in [3.8, 4) is 0 Å². The van der Waals surface area contributed by atoms with Gasteiger partial charge in [0.15, 0.2) is 0 Å². The van der Waals surface area contributed by atoms with Crippen LogP contribution in [-0.4, -0.2) is 17.3 Å². The van der Waals surface area contributed by atoms with Crippen molar-refractivity contribution in [3.63, 3.8) is 0 Å². The third-order valence-corrected chi connectivity index (χ3v) is 1.82. The van der Waals surface area contributed by atoms with Crippen LogP contribution in [0.25, 0.3) is 6.08 Å². The van der Waals surface area contributed by atoms with Gasteiger partial charge in [0, 0.05) is 6.04 Å². The van der Waals surface area contributed by atoms with Gasteiger partial charge in [0.1, 0.15) is 0 Å². The molecular weight excluding hydrogens is 162 g/mol. The first-order valence-corrected chi connectivity index (χ1v) is 4.37. The Morgan fingerprint density at radius 1 is 1.31 bits per heavy atom. The van der Waals surface area contributed by atoms with Crippen molar-refractivity contribution < 1.29 is 5.11 Å². The fourth-order valence-electron chi connectivity index (χ4n) is 0.949. The molecule has 2 unspecified atom stereocenters. The molecule has 0 heterocycles. The summed E-state index contributed by atoms with van der Waals surface area (Å²) in [6.07, 6.45) is 3.01. The molecule has 0 amide bonds. The lowest BCUT2D eigenvalue weighted by atomic mass is 10.1. The van der Waals surface area contributed by atoms with E-state index in [1.165, 1.54) is 0 Å². The van der Waals surface area contributed by atoms with E-state index in [-0.39, 0.29) is 6.04 Å². The molecule has 0 aliphatic rings. The second-order valence-corrected chi connectivity index (χ2v) is 3.12. The molecule has 0 saturated carbocycles. The van der Waals surface area contributed by atoms with Crippen molar-refractivity contribution >= 4 is 6.08 Å². The maximum absolute atomic E-state index is 9.38. The molecule has 3 N–H and O–H groups in total. The molecule has 2 heteroatoms. The molecule has 13 heavy (non-hydrogen) atoms. The normalized spacial score (nSPS) is 15.9. The fraction of sp³-hybridized carbons (Fsp3) is 0.273. The SMILES string of the molecule is CC(N)C(O)/C=C/c1ccccc1. The highest BCUT2D eigenvalue weighted by atomic mass is 16.3. The van der Waals surface area contributed by atoms with Crippen LogP contribution in [0.15, 0.2) is 36.4 Å². The quantitative estimate of drug-likeness (QED) is 0.733. The highest BCUT2D eigenvalue weighted by Crippen LogP contribution is 2.02. The first kappa shape index (κ1) is 9.96. The zero-order valence-corrected chi connectivity index (χ0v) is 7.72. The number of benzene rings is 1. The predicted molar refractivity (Wildman–Crippen MR) is 55.1 cm³/mol. The molecule has 2 nitrogen and oxygen atoms in total. The van der Waals surface area contributed by atoms with Crippen molar-refractivity contribution in [2.24, 2.45) is 5.73 Å². The summed E-state index contributed by atoms with van der Waals surface area (Å²) in [4.78, 5) is 0. The zero-order chi connectivity index (χ0) is 9.68. The Morgan fingerprint density at radius 3 is 2.46 bits per heavy atom. The third-order valence-electron chi connectivity index (χ3n) is 1.82. The standard InChI is InChI=1S/C11H15NO/c1-9(12)11(13)8-7-10-5-3-2-4-6-10/h2-9,11,13H,12H2,1H3/b8-7+. The molecule has 1 rings (SSSR count). The first-order chi connectivity index (χ1) is 6.20. The molecule has 0 aromatic heterocycles.